The number of piperidine rings is 1. The number of nitrogens with zero attached hydrogens (tertiary/aromatic N) is 4. The first-order valence-corrected chi connectivity index (χ1v) is 10.4. The normalized spacial score (nSPS) is 18.2. The third-order valence-electron chi connectivity index (χ3n) is 6.04. The Balaban J connectivity index is 1.71. The van der Waals surface area contributed by atoms with E-state index < -0.39 is 11.3 Å². The van der Waals surface area contributed by atoms with Crippen molar-refractivity contribution in [3.8, 4) is 0 Å². The van der Waals surface area contributed by atoms with Crippen molar-refractivity contribution in [3.63, 3.8) is 0 Å². The number of fused-ring (bicyclic) bond motifs is 2. The van der Waals surface area contributed by atoms with Crippen molar-refractivity contribution in [2.24, 2.45) is 0 Å². The molecule has 0 saturated carbocycles. The molecule has 0 unspecified atom stereocenters. The number of aryl methyl sites for hydroxylation is 1. The Morgan fingerprint density at radius 2 is 1.94 bits per heavy atom. The molecule has 9 nitrogen and oxygen atoms in total. The van der Waals surface area contributed by atoms with Crippen molar-refractivity contribution in [1.29, 1.82) is 0 Å². The minimum Gasteiger partial charge on any atom is -0.383 e. The lowest BCUT2D eigenvalue weighted by molar-refractivity contribution is 0.0510. The third kappa shape index (κ3) is 3.76. The average molecular weight is 430 g/mol. The maximum absolute atomic E-state index is 14.1. The summed E-state index contributed by atoms with van der Waals surface area (Å²) in [6.45, 7) is 8.15. The van der Waals surface area contributed by atoms with E-state index in [1.54, 1.807) is 38.3 Å². The van der Waals surface area contributed by atoms with E-state index in [9.17, 15) is 14.0 Å². The quantitative estimate of drug-likeness (QED) is 0.678. The summed E-state index contributed by atoms with van der Waals surface area (Å²) in [4.78, 5) is 36.5. The summed E-state index contributed by atoms with van der Waals surface area (Å²) in [6.07, 6.45) is 2.37. The first-order valence-electron chi connectivity index (χ1n) is 10.4. The molecule has 166 valence electrons. The number of rotatable bonds is 4. The van der Waals surface area contributed by atoms with Gasteiger partial charge in [-0.3, -0.25) is 19.1 Å². The van der Waals surface area contributed by atoms with E-state index in [1.165, 1.54) is 6.33 Å². The van der Waals surface area contributed by atoms with Crippen molar-refractivity contribution >= 4 is 23.2 Å². The van der Waals surface area contributed by atoms with E-state index in [4.69, 9.17) is 5.73 Å². The number of carbonyl (C=O) groups excluding carboxylic acids is 1. The molecule has 0 bridgehead atoms. The number of hydrogen-bond acceptors (Lipinski definition) is 7. The Hall–Kier alpha value is -3.01. The number of nitrogen functional groups attached to an aromatic ring is 1. The van der Waals surface area contributed by atoms with Gasteiger partial charge in [-0.2, -0.15) is 0 Å². The predicted molar refractivity (Wildman–Crippen MR) is 116 cm³/mol. The fourth-order valence-electron chi connectivity index (χ4n) is 4.53. The number of carbonyl (C=O) groups is 1. The van der Waals surface area contributed by atoms with Gasteiger partial charge < -0.3 is 16.4 Å². The number of amides is 1. The van der Waals surface area contributed by atoms with Gasteiger partial charge in [0.05, 0.1) is 0 Å². The number of alkyl halides is 1. The highest BCUT2D eigenvalue weighted by Crippen LogP contribution is 2.35. The molecule has 2 aromatic heterocycles. The molecule has 0 radical (unpaired) electrons. The van der Waals surface area contributed by atoms with Crippen LogP contribution in [0.25, 0.3) is 0 Å². The number of nitrogens with one attached hydrogen (secondary N) is 2. The van der Waals surface area contributed by atoms with Crippen LogP contribution in [0.4, 0.5) is 21.7 Å². The predicted octanol–water partition coefficient (Wildman–Crippen LogP) is 1.82. The van der Waals surface area contributed by atoms with Gasteiger partial charge in [0.25, 0.3) is 11.5 Å². The smallest absolute Gasteiger partial charge is 0.276 e. The van der Waals surface area contributed by atoms with E-state index in [2.05, 4.69) is 20.6 Å². The summed E-state index contributed by atoms with van der Waals surface area (Å²) >= 11 is 0. The van der Waals surface area contributed by atoms with Gasteiger partial charge in [-0.1, -0.05) is 0 Å². The van der Waals surface area contributed by atoms with Crippen LogP contribution in [-0.4, -0.2) is 50.6 Å². The molecule has 0 atom stereocenters. The average Bonchev–Trinajstić information content (AvgIpc) is 2.96. The molecule has 4 heterocycles. The molecule has 0 aromatic carbocycles. The maximum atomic E-state index is 14.1. The number of halogens is 1. The SMILES string of the molecule is Cc1cc(Nc2ncnc(N)c2C)c(=O)n2c1C(=O)NC21CCN(CC(C)(C)F)CC1. The maximum Gasteiger partial charge on any atom is 0.276 e. The summed E-state index contributed by atoms with van der Waals surface area (Å²) < 4.78 is 15.7. The molecule has 1 fully saturated rings. The minimum atomic E-state index is -1.30. The van der Waals surface area contributed by atoms with Crippen molar-refractivity contribution in [1.82, 2.24) is 24.8 Å². The molecule has 31 heavy (non-hydrogen) atoms. The number of anilines is 3. The number of likely N-dealkylation sites (tertiary alicyclic amines) is 1. The van der Waals surface area contributed by atoms with Gasteiger partial charge in [-0.15, -0.1) is 0 Å². The first kappa shape index (κ1) is 21.2. The summed E-state index contributed by atoms with van der Waals surface area (Å²) in [5, 5.41) is 6.11. The van der Waals surface area contributed by atoms with Gasteiger partial charge in [-0.25, -0.2) is 14.4 Å². The molecule has 2 aliphatic rings. The zero-order valence-corrected chi connectivity index (χ0v) is 18.3. The molecule has 4 rings (SSSR count). The summed E-state index contributed by atoms with van der Waals surface area (Å²) in [6, 6.07) is 1.66. The molecular formula is C21H28FN7O2. The third-order valence-corrected chi connectivity index (χ3v) is 6.04. The molecule has 1 amide bonds. The second-order valence-corrected chi connectivity index (χ2v) is 9.07. The molecule has 0 aliphatic carbocycles. The molecule has 2 aromatic rings. The zero-order chi connectivity index (χ0) is 22.6. The summed E-state index contributed by atoms with van der Waals surface area (Å²) in [7, 11) is 0. The lowest BCUT2D eigenvalue weighted by Gasteiger charge is -2.41. The first-order chi connectivity index (χ1) is 14.5. The lowest BCUT2D eigenvalue weighted by Crippen LogP contribution is -2.55. The van der Waals surface area contributed by atoms with Crippen LogP contribution in [0.5, 0.6) is 0 Å². The Bertz CT molecular complexity index is 1100. The molecule has 2 aliphatic heterocycles. The summed E-state index contributed by atoms with van der Waals surface area (Å²) in [5.74, 6) is 0.505. The van der Waals surface area contributed by atoms with Crippen molar-refractivity contribution < 1.29 is 9.18 Å². The van der Waals surface area contributed by atoms with Crippen LogP contribution in [0.3, 0.4) is 0 Å². The van der Waals surface area contributed by atoms with Gasteiger partial charge in [0, 0.05) is 38.0 Å². The van der Waals surface area contributed by atoms with Gasteiger partial charge in [0.15, 0.2) is 0 Å². The molecule has 1 spiro atoms. The zero-order valence-electron chi connectivity index (χ0n) is 18.3. The number of aromatic nitrogens is 3. The molecular weight excluding hydrogens is 401 g/mol. The van der Waals surface area contributed by atoms with Crippen molar-refractivity contribution in [3.05, 3.63) is 39.6 Å². The van der Waals surface area contributed by atoms with Gasteiger partial charge in [0.2, 0.25) is 0 Å². The largest absolute Gasteiger partial charge is 0.383 e. The topological polar surface area (TPSA) is 118 Å². The van der Waals surface area contributed by atoms with E-state index in [0.29, 0.717) is 66.6 Å². The Kier molecular flexibility index (Phi) is 5.00. The summed E-state index contributed by atoms with van der Waals surface area (Å²) in [5.41, 5.74) is 5.43. The van der Waals surface area contributed by atoms with Crippen molar-refractivity contribution in [2.75, 3.05) is 30.7 Å². The number of pyridine rings is 1. The van der Waals surface area contributed by atoms with Gasteiger partial charge in [-0.05, 0) is 39.3 Å². The van der Waals surface area contributed by atoms with Crippen LogP contribution >= 0.6 is 0 Å². The second kappa shape index (κ2) is 7.30. The molecule has 10 heteroatoms. The highest BCUT2D eigenvalue weighted by atomic mass is 19.1. The van der Waals surface area contributed by atoms with E-state index in [0.717, 1.165) is 0 Å². The monoisotopic (exact) mass is 429 g/mol. The van der Waals surface area contributed by atoms with E-state index in [1.807, 2.05) is 4.90 Å². The van der Waals surface area contributed by atoms with Crippen LogP contribution in [0, 0.1) is 13.8 Å². The van der Waals surface area contributed by atoms with E-state index in [-0.39, 0.29) is 11.5 Å². The molecule has 1 saturated heterocycles. The number of hydrogen-bond donors (Lipinski definition) is 3. The fraction of sp³-hybridized carbons (Fsp3) is 0.524. The van der Waals surface area contributed by atoms with Gasteiger partial charge in [0.1, 0.15) is 40.7 Å². The fourth-order valence-corrected chi connectivity index (χ4v) is 4.53. The van der Waals surface area contributed by atoms with Crippen LogP contribution in [0.1, 0.15) is 48.3 Å². The minimum absolute atomic E-state index is 0.261. The van der Waals surface area contributed by atoms with Crippen LogP contribution in [0.15, 0.2) is 17.2 Å². The van der Waals surface area contributed by atoms with Crippen LogP contribution < -0.4 is 21.9 Å². The second-order valence-electron chi connectivity index (χ2n) is 9.07. The van der Waals surface area contributed by atoms with Crippen LogP contribution in [-0.2, 0) is 5.66 Å². The highest BCUT2D eigenvalue weighted by molar-refractivity contribution is 5.97. The van der Waals surface area contributed by atoms with Crippen molar-refractivity contribution in [2.45, 2.75) is 51.9 Å². The number of nitrogens with two attached hydrogens (primary N) is 1. The lowest BCUT2D eigenvalue weighted by atomic mass is 9.95. The Morgan fingerprint density at radius 1 is 1.26 bits per heavy atom. The molecule has 4 N–H and O–H groups in total. The van der Waals surface area contributed by atoms with E-state index >= 15 is 0 Å². The van der Waals surface area contributed by atoms with Gasteiger partial charge >= 0.3 is 0 Å². The Morgan fingerprint density at radius 3 is 2.58 bits per heavy atom. The highest BCUT2D eigenvalue weighted by Gasteiger charge is 2.47. The van der Waals surface area contributed by atoms with Crippen LogP contribution in [0.2, 0.25) is 0 Å². The Labute approximate surface area is 179 Å². The standard InChI is InChI=1S/C21H28FN7O2/c1-12-9-14(26-17-13(2)16(23)24-11-25-17)19(31)29-15(12)18(30)27-21(29)5-7-28(8-6-21)10-20(3,4)22/h9,11H,5-8,10H2,1-4H3,(H,27,30)(H3,23,24,25,26).